The van der Waals surface area contributed by atoms with E-state index in [0.717, 1.165) is 0 Å². The number of ether oxygens (including phenoxy) is 1. The van der Waals surface area contributed by atoms with Crippen molar-refractivity contribution in [3.63, 3.8) is 0 Å². The molecule has 0 aliphatic heterocycles. The zero-order valence-corrected chi connectivity index (χ0v) is 13.9. The Morgan fingerprint density at radius 1 is 1.48 bits per heavy atom. The lowest BCUT2D eigenvalue weighted by atomic mass is 10.2. The molecule has 3 aromatic rings. The molecule has 0 saturated heterocycles. The average molecular weight is 350 g/mol. The van der Waals surface area contributed by atoms with Gasteiger partial charge in [0.15, 0.2) is 5.82 Å². The fraction of sp³-hybridized carbons (Fsp3) is 0.200. The zero-order chi connectivity index (χ0) is 16.6. The van der Waals surface area contributed by atoms with Gasteiger partial charge in [0.25, 0.3) is 5.56 Å². The maximum atomic E-state index is 12.4. The van der Waals surface area contributed by atoms with Crippen LogP contribution in [0.1, 0.15) is 25.2 Å². The highest BCUT2D eigenvalue weighted by molar-refractivity contribution is 7.15. The molecule has 0 unspecified atom stereocenters. The fourth-order valence-corrected chi connectivity index (χ4v) is 3.14. The Morgan fingerprint density at radius 3 is 2.91 bits per heavy atom. The van der Waals surface area contributed by atoms with Crippen molar-refractivity contribution in [3.8, 4) is 5.75 Å². The number of aromatic nitrogens is 3. The van der Waals surface area contributed by atoms with E-state index in [1.807, 2.05) is 6.92 Å². The maximum Gasteiger partial charge on any atom is 0.308 e. The molecule has 0 N–H and O–H groups in total. The first-order valence-corrected chi connectivity index (χ1v) is 8.05. The molecule has 6 nitrogen and oxygen atoms in total. The molecule has 118 valence electrons. The molecule has 0 spiro atoms. The van der Waals surface area contributed by atoms with Crippen LogP contribution >= 0.6 is 22.9 Å². The summed E-state index contributed by atoms with van der Waals surface area (Å²) in [5.41, 5.74) is 0.288. The Balaban J connectivity index is 2.16. The molecule has 0 radical (unpaired) electrons. The highest BCUT2D eigenvalue weighted by atomic mass is 35.5. The second kappa shape index (κ2) is 6.10. The van der Waals surface area contributed by atoms with Crippen LogP contribution in [-0.4, -0.2) is 20.6 Å². The summed E-state index contributed by atoms with van der Waals surface area (Å²) in [6.07, 6.45) is 2.29. The van der Waals surface area contributed by atoms with E-state index in [1.165, 1.54) is 22.8 Å². The molecular weight excluding hydrogens is 338 g/mol. The van der Waals surface area contributed by atoms with Gasteiger partial charge in [-0.05, 0) is 24.3 Å². The molecule has 23 heavy (non-hydrogen) atoms. The van der Waals surface area contributed by atoms with Gasteiger partial charge in [0.1, 0.15) is 5.75 Å². The van der Waals surface area contributed by atoms with E-state index in [4.69, 9.17) is 16.3 Å². The first kappa shape index (κ1) is 15.6. The number of benzene rings is 1. The van der Waals surface area contributed by atoms with E-state index in [9.17, 15) is 9.59 Å². The van der Waals surface area contributed by atoms with Gasteiger partial charge in [-0.3, -0.25) is 9.59 Å². The number of esters is 1. The van der Waals surface area contributed by atoms with Crippen molar-refractivity contribution in [1.82, 2.24) is 14.6 Å². The van der Waals surface area contributed by atoms with Crippen LogP contribution in [0.25, 0.3) is 11.0 Å². The van der Waals surface area contributed by atoms with Crippen molar-refractivity contribution in [2.24, 2.45) is 0 Å². The Bertz CT molecular complexity index is 1010. The summed E-state index contributed by atoms with van der Waals surface area (Å²) >= 11 is 7.22. The van der Waals surface area contributed by atoms with E-state index in [2.05, 4.69) is 10.1 Å². The van der Waals surface area contributed by atoms with Gasteiger partial charge in [0.2, 0.25) is 4.96 Å². The molecule has 0 saturated carbocycles. The molecule has 0 amide bonds. The second-order valence-corrected chi connectivity index (χ2v) is 6.21. The summed E-state index contributed by atoms with van der Waals surface area (Å²) < 4.78 is 6.87. The molecule has 3 rings (SSSR count). The minimum atomic E-state index is -0.445. The van der Waals surface area contributed by atoms with Crippen LogP contribution in [0.2, 0.25) is 5.02 Å². The number of thiazole rings is 1. The highest BCUT2D eigenvalue weighted by Crippen LogP contribution is 2.23. The van der Waals surface area contributed by atoms with Crippen LogP contribution in [0.15, 0.2) is 23.0 Å². The third-order valence-electron chi connectivity index (χ3n) is 3.05. The van der Waals surface area contributed by atoms with Crippen molar-refractivity contribution in [3.05, 3.63) is 49.5 Å². The number of nitrogens with zero attached hydrogens (tertiary/aromatic N) is 3. The maximum absolute atomic E-state index is 12.4. The van der Waals surface area contributed by atoms with Gasteiger partial charge < -0.3 is 4.74 Å². The predicted molar refractivity (Wildman–Crippen MR) is 88.1 cm³/mol. The number of halogens is 1. The Hall–Kier alpha value is -2.25. The minimum Gasteiger partial charge on any atom is -0.426 e. The van der Waals surface area contributed by atoms with E-state index in [-0.39, 0.29) is 5.56 Å². The SMILES string of the molecule is CCc1nc2s/c(=C\c3cc(Cl)ccc3OC(C)=O)c(=O)n2n1. The summed E-state index contributed by atoms with van der Waals surface area (Å²) in [5.74, 6) is 0.525. The molecule has 0 fully saturated rings. The van der Waals surface area contributed by atoms with E-state index in [0.29, 0.717) is 38.1 Å². The molecular formula is C15H12ClN3O3S. The Kier molecular flexibility index (Phi) is 4.14. The number of carbonyl (C=O) groups excluding carboxylic acids is 1. The van der Waals surface area contributed by atoms with Crippen LogP contribution in [-0.2, 0) is 11.2 Å². The van der Waals surface area contributed by atoms with Gasteiger partial charge in [-0.2, -0.15) is 4.52 Å². The quantitative estimate of drug-likeness (QED) is 0.533. The van der Waals surface area contributed by atoms with Gasteiger partial charge in [-0.1, -0.05) is 29.9 Å². The lowest BCUT2D eigenvalue weighted by Crippen LogP contribution is -2.24. The predicted octanol–water partition coefficient (Wildman–Crippen LogP) is 1.84. The third-order valence-corrected chi connectivity index (χ3v) is 4.25. The lowest BCUT2D eigenvalue weighted by molar-refractivity contribution is -0.131. The van der Waals surface area contributed by atoms with E-state index >= 15 is 0 Å². The van der Waals surface area contributed by atoms with Crippen LogP contribution < -0.4 is 14.8 Å². The van der Waals surface area contributed by atoms with E-state index in [1.54, 1.807) is 24.3 Å². The largest absolute Gasteiger partial charge is 0.426 e. The Morgan fingerprint density at radius 2 is 2.26 bits per heavy atom. The molecule has 8 heteroatoms. The number of fused-ring (bicyclic) bond motifs is 1. The first-order chi connectivity index (χ1) is 11.0. The molecule has 0 bridgehead atoms. The Labute approximate surface area is 140 Å². The summed E-state index contributed by atoms with van der Waals surface area (Å²) in [5, 5.41) is 4.63. The van der Waals surface area contributed by atoms with E-state index < -0.39 is 5.97 Å². The molecule has 0 aliphatic rings. The molecule has 2 heterocycles. The monoisotopic (exact) mass is 349 g/mol. The average Bonchev–Trinajstić information content (AvgIpc) is 3.02. The molecule has 2 aromatic heterocycles. The van der Waals surface area contributed by atoms with Crippen molar-refractivity contribution in [1.29, 1.82) is 0 Å². The van der Waals surface area contributed by atoms with Gasteiger partial charge in [0, 0.05) is 23.9 Å². The van der Waals surface area contributed by atoms with Crippen molar-refractivity contribution in [2.45, 2.75) is 20.3 Å². The lowest BCUT2D eigenvalue weighted by Gasteiger charge is -2.05. The van der Waals surface area contributed by atoms with Gasteiger partial charge >= 0.3 is 5.97 Å². The summed E-state index contributed by atoms with van der Waals surface area (Å²) in [6, 6.07) is 4.84. The van der Waals surface area contributed by atoms with Crippen molar-refractivity contribution < 1.29 is 9.53 Å². The fourth-order valence-electron chi connectivity index (χ4n) is 2.05. The number of rotatable bonds is 3. The van der Waals surface area contributed by atoms with Crippen LogP contribution in [0.3, 0.4) is 0 Å². The van der Waals surface area contributed by atoms with Gasteiger partial charge in [0.05, 0.1) is 4.53 Å². The number of hydrogen-bond acceptors (Lipinski definition) is 6. The number of hydrogen-bond donors (Lipinski definition) is 0. The summed E-state index contributed by atoms with van der Waals surface area (Å²) in [6.45, 7) is 3.24. The number of carbonyl (C=O) groups is 1. The van der Waals surface area contributed by atoms with Crippen LogP contribution in [0.5, 0.6) is 5.75 Å². The summed E-state index contributed by atoms with van der Waals surface area (Å²) in [4.78, 5) is 28.4. The molecule has 0 atom stereocenters. The topological polar surface area (TPSA) is 73.6 Å². The van der Waals surface area contributed by atoms with Crippen LogP contribution in [0.4, 0.5) is 0 Å². The van der Waals surface area contributed by atoms with Gasteiger partial charge in [-0.25, -0.2) is 4.98 Å². The van der Waals surface area contributed by atoms with Crippen molar-refractivity contribution in [2.75, 3.05) is 0 Å². The normalized spacial score (nSPS) is 12.0. The second-order valence-electron chi connectivity index (χ2n) is 4.77. The van der Waals surface area contributed by atoms with Crippen LogP contribution in [0, 0.1) is 0 Å². The summed E-state index contributed by atoms with van der Waals surface area (Å²) in [7, 11) is 0. The first-order valence-electron chi connectivity index (χ1n) is 6.86. The zero-order valence-electron chi connectivity index (χ0n) is 12.4. The number of aryl methyl sites for hydroxylation is 1. The highest BCUT2D eigenvalue weighted by Gasteiger charge is 2.11. The third kappa shape index (κ3) is 3.11. The smallest absolute Gasteiger partial charge is 0.308 e. The van der Waals surface area contributed by atoms with Crippen molar-refractivity contribution >= 4 is 39.9 Å². The molecule has 0 aliphatic carbocycles. The molecule has 1 aromatic carbocycles. The van der Waals surface area contributed by atoms with Gasteiger partial charge in [-0.15, -0.1) is 5.10 Å². The standard InChI is InChI=1S/C15H12ClN3O3S/c1-3-13-17-15-19(18-13)14(21)12(23-15)7-9-6-10(16)4-5-11(9)22-8(2)20/h4-7H,3H2,1-2H3/b12-7-. The minimum absolute atomic E-state index is 0.258.